The minimum Gasteiger partial charge on any atom is -0.504 e. The lowest BCUT2D eigenvalue weighted by molar-refractivity contribution is 0.368. The van der Waals surface area contributed by atoms with Crippen molar-refractivity contribution >= 4 is 30.4 Å². The predicted molar refractivity (Wildman–Crippen MR) is 69.9 cm³/mol. The zero-order valence-corrected chi connectivity index (χ0v) is 12.6. The van der Waals surface area contributed by atoms with E-state index in [2.05, 4.69) is 0 Å². The second-order valence-corrected chi connectivity index (χ2v) is 8.88. The monoisotopic (exact) mass is 382 g/mol. The maximum Gasteiger partial charge on any atom is 0.336 e. The van der Waals surface area contributed by atoms with Crippen molar-refractivity contribution in [2.75, 3.05) is 0 Å². The van der Waals surface area contributed by atoms with Gasteiger partial charge >= 0.3 is 34.3 Å². The lowest BCUT2D eigenvalue weighted by Crippen LogP contribution is -2.36. The standard InChI is InChI=1S/C6H6O3.CH4O9S3/c7-4-2-1-3-5(8)6(4)9;2-11(3,4)1(12(5,6)7)13(8,9)10/h1-3,7-9H;1H,(H,2,3,4)(H,5,6,7)(H,8,9,10). The van der Waals surface area contributed by atoms with Crippen molar-refractivity contribution < 1.29 is 54.2 Å². The van der Waals surface area contributed by atoms with E-state index < -0.39 is 40.0 Å². The fourth-order valence-corrected chi connectivity index (χ4v) is 4.67. The van der Waals surface area contributed by atoms with Crippen LogP contribution in [-0.2, 0) is 30.4 Å². The largest absolute Gasteiger partial charge is 0.504 e. The summed E-state index contributed by atoms with van der Waals surface area (Å²) >= 11 is 0. The van der Waals surface area contributed by atoms with Gasteiger partial charge in [-0.3, -0.25) is 13.7 Å². The number of benzene rings is 1. The van der Waals surface area contributed by atoms with Crippen LogP contribution in [0.25, 0.3) is 0 Å². The van der Waals surface area contributed by atoms with Crippen LogP contribution >= 0.6 is 0 Å². The van der Waals surface area contributed by atoms with Crippen molar-refractivity contribution in [1.29, 1.82) is 0 Å². The molecule has 0 amide bonds. The first-order valence-electron chi connectivity index (χ1n) is 4.67. The molecule has 0 saturated carbocycles. The van der Waals surface area contributed by atoms with E-state index in [1.165, 1.54) is 18.2 Å². The highest BCUT2D eigenvalue weighted by atomic mass is 32.3. The fraction of sp³-hybridized carbons (Fsp3) is 0.143. The molecule has 1 aromatic carbocycles. The Labute approximate surface area is 124 Å². The van der Waals surface area contributed by atoms with Crippen LogP contribution < -0.4 is 0 Å². The average molecular weight is 382 g/mol. The van der Waals surface area contributed by atoms with E-state index in [0.29, 0.717) is 0 Å². The molecule has 0 heterocycles. The molecule has 1 aromatic rings. The molecule has 6 N–H and O–H groups in total. The predicted octanol–water partition coefficient (Wildman–Crippen LogP) is -1.26. The van der Waals surface area contributed by atoms with Crippen LogP contribution in [-0.4, -0.2) is 58.1 Å². The van der Waals surface area contributed by atoms with E-state index in [9.17, 15) is 25.3 Å². The molecule has 0 aliphatic heterocycles. The zero-order valence-electron chi connectivity index (χ0n) is 10.2. The lowest BCUT2D eigenvalue weighted by atomic mass is 10.3. The van der Waals surface area contributed by atoms with Crippen molar-refractivity contribution in [3.8, 4) is 17.2 Å². The molecular formula is C7H10O12S3. The molecule has 22 heavy (non-hydrogen) atoms. The Kier molecular flexibility index (Phi) is 6.13. The van der Waals surface area contributed by atoms with Gasteiger partial charge in [-0.15, -0.1) is 0 Å². The van der Waals surface area contributed by atoms with Gasteiger partial charge in [0, 0.05) is 0 Å². The molecule has 0 radical (unpaired) electrons. The molecule has 0 bridgehead atoms. The summed E-state index contributed by atoms with van der Waals surface area (Å²) in [5.74, 6) is -1.09. The molecule has 0 aliphatic rings. The van der Waals surface area contributed by atoms with Crippen LogP contribution in [0.2, 0.25) is 0 Å². The second-order valence-electron chi connectivity index (χ2n) is 3.48. The minimum absolute atomic E-state index is 0.310. The first-order chi connectivity index (χ1) is 9.58. The van der Waals surface area contributed by atoms with Crippen LogP contribution in [0.4, 0.5) is 0 Å². The van der Waals surface area contributed by atoms with Crippen molar-refractivity contribution in [1.82, 2.24) is 0 Å². The Hall–Kier alpha value is -1.65. The zero-order chi connectivity index (χ0) is 17.9. The molecule has 0 unspecified atom stereocenters. The van der Waals surface area contributed by atoms with Crippen LogP contribution in [0.5, 0.6) is 17.2 Å². The Morgan fingerprint density at radius 1 is 0.682 bits per heavy atom. The molecule has 0 aromatic heterocycles. The first kappa shape index (κ1) is 20.3. The summed E-state index contributed by atoms with van der Waals surface area (Å²) < 4.78 is 81.1. The average Bonchev–Trinajstić information content (AvgIpc) is 2.19. The smallest absolute Gasteiger partial charge is 0.336 e. The third-order valence-corrected chi connectivity index (χ3v) is 7.56. The Balaban J connectivity index is 0.000000425. The third kappa shape index (κ3) is 6.00. The van der Waals surface area contributed by atoms with E-state index in [4.69, 9.17) is 29.0 Å². The highest BCUT2D eigenvalue weighted by molar-refractivity contribution is 8.19. The highest BCUT2D eigenvalue weighted by Gasteiger charge is 2.46. The summed E-state index contributed by atoms with van der Waals surface area (Å²) in [6.45, 7) is 0. The van der Waals surface area contributed by atoms with Gasteiger partial charge in [-0.1, -0.05) is 6.07 Å². The van der Waals surface area contributed by atoms with Gasteiger partial charge in [-0.05, 0) is 12.1 Å². The van der Waals surface area contributed by atoms with Crippen molar-refractivity contribution in [2.24, 2.45) is 0 Å². The van der Waals surface area contributed by atoms with E-state index in [1.807, 2.05) is 0 Å². The number of hydrogen-bond donors (Lipinski definition) is 6. The van der Waals surface area contributed by atoms with Gasteiger partial charge in [-0.2, -0.15) is 25.3 Å². The number of rotatable bonds is 3. The van der Waals surface area contributed by atoms with Gasteiger partial charge in [0.05, 0.1) is 0 Å². The molecule has 0 aliphatic carbocycles. The highest BCUT2D eigenvalue weighted by Crippen LogP contribution is 2.32. The molecule has 15 heteroatoms. The number of phenolic OH excluding ortho intramolecular Hbond substituents is 3. The molecule has 0 atom stereocenters. The van der Waals surface area contributed by atoms with Crippen LogP contribution in [0.3, 0.4) is 0 Å². The molecule has 1 rings (SSSR count). The van der Waals surface area contributed by atoms with Crippen molar-refractivity contribution in [3.05, 3.63) is 18.2 Å². The van der Waals surface area contributed by atoms with Crippen LogP contribution in [0.1, 0.15) is 0 Å². The topological polar surface area (TPSA) is 224 Å². The van der Waals surface area contributed by atoms with Gasteiger partial charge in [-0.25, -0.2) is 0 Å². The van der Waals surface area contributed by atoms with Gasteiger partial charge in [0.25, 0.3) is 0 Å². The normalized spacial score (nSPS) is 12.5. The quantitative estimate of drug-likeness (QED) is 0.266. The van der Waals surface area contributed by atoms with E-state index in [1.54, 1.807) is 0 Å². The molecular weight excluding hydrogens is 372 g/mol. The summed E-state index contributed by atoms with van der Waals surface area (Å²) in [4.78, 5) is 0. The number of para-hydroxylation sites is 1. The summed E-state index contributed by atoms with van der Waals surface area (Å²) in [6.07, 6.45) is 0. The Morgan fingerprint density at radius 3 is 1.09 bits per heavy atom. The summed E-state index contributed by atoms with van der Waals surface area (Å²) in [6, 6.07) is 4.01. The Morgan fingerprint density at radius 2 is 0.955 bits per heavy atom. The molecule has 0 spiro atoms. The van der Waals surface area contributed by atoms with Gasteiger partial charge in [0.1, 0.15) is 0 Å². The van der Waals surface area contributed by atoms with Gasteiger partial charge in [0.15, 0.2) is 17.2 Å². The van der Waals surface area contributed by atoms with Crippen LogP contribution in [0, 0.1) is 0 Å². The minimum atomic E-state index is -5.66. The van der Waals surface area contributed by atoms with Gasteiger partial charge < -0.3 is 15.3 Å². The molecule has 0 saturated heterocycles. The lowest BCUT2D eigenvalue weighted by Gasteiger charge is -2.05. The summed E-state index contributed by atoms with van der Waals surface area (Å²) in [5.41, 5.74) is 0. The number of hydrogen-bond acceptors (Lipinski definition) is 9. The fourth-order valence-electron chi connectivity index (χ4n) is 0.980. The van der Waals surface area contributed by atoms with E-state index in [0.717, 1.165) is 0 Å². The van der Waals surface area contributed by atoms with E-state index >= 15 is 0 Å². The van der Waals surface area contributed by atoms with Crippen molar-refractivity contribution in [3.63, 3.8) is 0 Å². The summed E-state index contributed by atoms with van der Waals surface area (Å²) in [5, 5.41) is 26.1. The number of aromatic hydroxyl groups is 3. The first-order valence-corrected chi connectivity index (χ1v) is 9.18. The molecule has 0 fully saturated rings. The summed E-state index contributed by atoms with van der Waals surface area (Å²) in [7, 11) is -17.0. The third-order valence-electron chi connectivity index (χ3n) is 1.72. The van der Waals surface area contributed by atoms with E-state index in [-0.39, 0.29) is 11.5 Å². The van der Waals surface area contributed by atoms with Crippen molar-refractivity contribution in [2.45, 2.75) is 3.91 Å². The Bertz CT molecular complexity index is 738. The SMILES string of the molecule is O=S(=O)(O)C(S(=O)(=O)O)S(=O)(=O)O.Oc1cccc(O)c1O. The van der Waals surface area contributed by atoms with Gasteiger partial charge in [0.2, 0.25) is 0 Å². The maximum atomic E-state index is 10.1. The number of phenols is 3. The molecule has 128 valence electrons. The van der Waals surface area contributed by atoms with Crippen LogP contribution in [0.15, 0.2) is 18.2 Å². The molecule has 12 nitrogen and oxygen atoms in total. The second kappa shape index (κ2) is 6.63. The maximum absolute atomic E-state index is 10.1.